The first kappa shape index (κ1) is 154. The zero-order valence-corrected chi connectivity index (χ0v) is 107. The van der Waals surface area contributed by atoms with E-state index in [4.69, 9.17) is 16.0 Å². The fourth-order valence-corrected chi connectivity index (χ4v) is 30.2. The van der Waals surface area contributed by atoms with Gasteiger partial charge in [-0.1, -0.05) is 371 Å². The Kier molecular flexibility index (Phi) is 91.2. The van der Waals surface area contributed by atoms with Crippen molar-refractivity contribution in [2.75, 3.05) is 31.7 Å². The van der Waals surface area contributed by atoms with Crippen LogP contribution in [-0.2, 0) is 64.9 Å². The molecule has 0 fully saturated rings. The molecule has 0 spiro atoms. The third-order valence-corrected chi connectivity index (χ3v) is 34.5. The monoisotopic (exact) mass is 2300 g/mol. The van der Waals surface area contributed by atoms with Crippen molar-refractivity contribution in [2.24, 2.45) is 0 Å². The van der Waals surface area contributed by atoms with Crippen LogP contribution in [0.5, 0.6) is 0 Å². The molecule has 12 rings (SSSR count). The van der Waals surface area contributed by atoms with E-state index in [0.29, 0.717) is 24.3 Å². The Morgan fingerprint density at radius 1 is 0.310 bits per heavy atom. The topological polar surface area (TPSA) is 81.8 Å². The Balaban J connectivity index is -0.000000257. The van der Waals surface area contributed by atoms with Crippen molar-refractivity contribution in [3.05, 3.63) is 404 Å². The van der Waals surface area contributed by atoms with Crippen molar-refractivity contribution in [3.63, 3.8) is 0 Å². The van der Waals surface area contributed by atoms with E-state index in [-0.39, 0.29) is 87.5 Å². The maximum Gasteiger partial charge on any atom is 0 e. The first-order chi connectivity index (χ1) is 65.3. The fraction of sp³-hybridized carbons (Fsp3) is 0.375. The van der Waals surface area contributed by atoms with Crippen LogP contribution in [0, 0.1) is 216 Å². The normalized spacial score (nSPS) is 9.65. The van der Waals surface area contributed by atoms with E-state index in [0.717, 1.165) is 48.1 Å². The Bertz CT molecular complexity index is 4800. The van der Waals surface area contributed by atoms with Gasteiger partial charge in [0, 0.05) is 79.7 Å². The van der Waals surface area contributed by atoms with Crippen molar-refractivity contribution < 1.29 is 105 Å². The molecule has 0 saturated carbocycles. The van der Waals surface area contributed by atoms with E-state index in [1.54, 1.807) is 6.92 Å². The molecular formula is C128H188Cl4Ni4O5P4+. The predicted molar refractivity (Wildman–Crippen MR) is 647 cm³/mol. The molecule has 0 heterocycles. The maximum absolute atomic E-state index is 13.2. The number of halogens is 4. The average molecular weight is 2310 g/mol. The second-order valence-corrected chi connectivity index (χ2v) is 47.0. The van der Waals surface area contributed by atoms with Crippen LogP contribution in [0.15, 0.2) is 218 Å². The number of hydrogen-bond acceptors (Lipinski definition) is 4. The molecule has 0 aliphatic carbocycles. The Labute approximate surface area is 945 Å². The Morgan fingerprint density at radius 2 is 0.483 bits per heavy atom. The number of carbonyl (C=O) groups excluding carboxylic acids is 4. The van der Waals surface area contributed by atoms with Crippen LogP contribution in [0.3, 0.4) is 0 Å². The zero-order valence-electron chi connectivity index (χ0n) is 95.7. The number of benzene rings is 12. The van der Waals surface area contributed by atoms with Gasteiger partial charge in [0.15, 0.2) is 23.5 Å². The van der Waals surface area contributed by atoms with E-state index in [1.165, 1.54) is 208 Å². The van der Waals surface area contributed by atoms with E-state index in [1.807, 2.05) is 135 Å². The zero-order chi connectivity index (χ0) is 105. The number of hydrogen-bond donors (Lipinski definition) is 0. The molecule has 12 aromatic carbocycles. The molecule has 145 heavy (non-hydrogen) atoms. The molecule has 5 nitrogen and oxygen atoms in total. The van der Waals surface area contributed by atoms with Crippen LogP contribution in [0.25, 0.3) is 0 Å². The van der Waals surface area contributed by atoms with E-state index in [9.17, 15) is 19.2 Å². The number of ether oxygens (including phenoxy) is 1. The van der Waals surface area contributed by atoms with E-state index < -0.39 is 31.0 Å². The van der Waals surface area contributed by atoms with Gasteiger partial charge in [-0.15, -0.1) is 0 Å². The molecular weight excluding hydrogens is 2120 g/mol. The summed E-state index contributed by atoms with van der Waals surface area (Å²) in [5.74, 6) is 1.09. The smallest absolute Gasteiger partial charge is 0 e. The Hall–Kier alpha value is -5.87. The van der Waals surface area contributed by atoms with Crippen molar-refractivity contribution in [2.45, 2.75) is 296 Å². The van der Waals surface area contributed by atoms with Crippen LogP contribution in [0.2, 0.25) is 0 Å². The van der Waals surface area contributed by atoms with Gasteiger partial charge < -0.3 is 34.4 Å². The van der Waals surface area contributed by atoms with Crippen molar-refractivity contribution in [1.29, 1.82) is 0 Å². The summed E-state index contributed by atoms with van der Waals surface area (Å²) in [5.41, 5.74) is 34.7. The molecule has 0 unspecified atom stereocenters. The van der Waals surface area contributed by atoms with Crippen LogP contribution < -0.4 is 42.4 Å². The van der Waals surface area contributed by atoms with E-state index in [2.05, 4.69) is 378 Å². The van der Waals surface area contributed by atoms with Gasteiger partial charge in [-0.25, -0.2) is 0 Å². The minimum absolute atomic E-state index is 0. The fourth-order valence-electron chi connectivity index (χ4n) is 17.3. The summed E-state index contributed by atoms with van der Waals surface area (Å²) in [6.45, 7) is 80.8. The van der Waals surface area contributed by atoms with Gasteiger partial charge in [0.25, 0.3) is 0 Å². The van der Waals surface area contributed by atoms with Gasteiger partial charge in [0.2, 0.25) is 0 Å². The number of carbonyl (C=O) groups is 3. The molecule has 0 bridgehead atoms. The second-order valence-electron chi connectivity index (χ2n) is 35.9. The van der Waals surface area contributed by atoms with E-state index >= 15 is 0 Å². The average Bonchev–Trinajstić information content (AvgIpc) is 0.804. The number of ketones is 4. The first-order valence-corrected chi connectivity index (χ1v) is 60.3. The number of aryl methyl sites for hydroxylation is 24. The van der Waals surface area contributed by atoms with Gasteiger partial charge >= 0.3 is 63.6 Å². The van der Waals surface area contributed by atoms with Crippen LogP contribution in [0.4, 0.5) is 0 Å². The van der Waals surface area contributed by atoms with Crippen molar-refractivity contribution >= 4 is 118 Å². The number of Topliss-reactive ketones (excluding diaryl/α,β-unsaturated/α-hetero) is 3. The molecule has 0 amide bonds. The van der Waals surface area contributed by atoms with Gasteiger partial charge in [-0.2, -0.15) is 0 Å². The Morgan fingerprint density at radius 3 is 0.669 bits per heavy atom. The van der Waals surface area contributed by atoms with Crippen molar-refractivity contribution in [3.8, 4) is 0 Å². The molecule has 0 radical (unpaired) electrons. The molecule has 0 aromatic heterocycles. The summed E-state index contributed by atoms with van der Waals surface area (Å²) in [6.07, 6.45) is 8.09. The van der Waals surface area contributed by atoms with Gasteiger partial charge in [-0.05, 0) is 307 Å². The van der Waals surface area contributed by atoms with Crippen LogP contribution in [0.1, 0.15) is 300 Å². The van der Waals surface area contributed by atoms with Crippen LogP contribution >= 0.6 is 52.5 Å². The molecule has 12 aromatic rings. The molecule has 817 valence electrons. The summed E-state index contributed by atoms with van der Waals surface area (Å²) in [7, 11) is 8.54. The molecule has 17 heteroatoms. The van der Waals surface area contributed by atoms with Gasteiger partial charge in [-0.3, -0.25) is 19.2 Å². The predicted octanol–water partition coefficient (Wildman–Crippen LogP) is 34.5. The summed E-state index contributed by atoms with van der Waals surface area (Å²) in [4.78, 5) is 48.1. The van der Waals surface area contributed by atoms with Crippen molar-refractivity contribution in [1.82, 2.24) is 0 Å². The molecule has 0 saturated heterocycles. The van der Waals surface area contributed by atoms with Crippen LogP contribution in [-0.4, -0.2) is 59.6 Å². The minimum atomic E-state index is -1.25. The third-order valence-electron chi connectivity index (χ3n) is 21.3. The summed E-state index contributed by atoms with van der Waals surface area (Å²) >= 11 is 11.1. The van der Waals surface area contributed by atoms with Gasteiger partial charge in [0.05, 0.1) is 28.7 Å². The largest absolute Gasteiger partial charge is 0 e. The first-order valence-electron chi connectivity index (χ1n) is 48.8. The van der Waals surface area contributed by atoms with Gasteiger partial charge in [0.1, 0.15) is 27.4 Å². The third kappa shape index (κ3) is 54.8. The maximum atomic E-state index is 13.2. The SMILES string of the molecule is C.CC(=O)c1ccccc1.CCC.CCC.CCC.CCC.CCC.CCOCC.Cc1cc(C)c(P(CC(=O)c2ccccc2)c2c(C)cc(C)cc2C)c(C)c1.Cc1cc(C)c(P(Cl)c2c(C)cc(C)cc2C)c(C)c1.Cc1cc(C)c([PH+](CC(=O)c2ccccc2)c2c(C)cc(C)cc2C)c(C)c1.Cc1cc(C)c([PH+](CC(=[OH+])c2ccccc2)c2c(C)cc(C)cc2C)c(C)c1.[CH3-].[CH3-].[CH3-].[CH3-].[ClH+][Ni][ClH+].[Cl][Ni].[Ni].[Ni]. The summed E-state index contributed by atoms with van der Waals surface area (Å²) in [5, 5.41) is 11.0. The molecule has 0 aliphatic heterocycles. The standard InChI is InChI=1S/3C26H29OP.C18H22ClP.C8H8O.C4H10O.5C3H8.CH4.4CH3.3ClH.4Ni/c3*1-17-12-19(3)25(20(4)13-17)28(16-24(27)23-10-8-7-9-11-23)26-21(5)14-18(2)15-22(26)6;1-11-7-13(3)17(14(4)8-11)20(19)18-15(5)9-12(2)10-16(18)6;1-7(9)8-5-3-2-4-6-8;1-3-5-4-2;5*1-3-2;;;;;;;;;;;;/h3*7-15H,16H2,1-6H3;7-10H,1-6H3;2-6H,1H3;3-4H2,1-2H3;5*3H2,1-2H3;1H4;4*1H3;3*1H;;;;/q;;;;;;;;;;;;4*-1;;;;;;+1;+2/p+2. The molecule has 0 aliphatic rings. The summed E-state index contributed by atoms with van der Waals surface area (Å²) < 4.78 is 4.83. The second kappa shape index (κ2) is 85.7. The molecule has 0 atom stereocenters. The summed E-state index contributed by atoms with van der Waals surface area (Å²) in [6, 6.07) is 74.8. The quantitative estimate of drug-likeness (QED) is 0.0250. The minimum Gasteiger partial charge on any atom is 0 e. The number of rotatable bonds is 20. The molecule has 1 N–H and O–H groups in total.